The van der Waals surface area contributed by atoms with E-state index in [-0.39, 0.29) is 0 Å². The standard InChI is InChI=1S/C14H19N3O/c1-2-6-13-12(5-1)17-14(10-18-13)16-9-11-4-3-7-15-8-11/h1-2,5-6,11,15H,3-4,7-10H2,(H,16,17). The topological polar surface area (TPSA) is 45.7 Å². The van der Waals surface area contributed by atoms with Gasteiger partial charge in [-0.15, -0.1) is 0 Å². The second-order valence-corrected chi connectivity index (χ2v) is 4.91. The summed E-state index contributed by atoms with van der Waals surface area (Å²) in [5.41, 5.74) is 1.02. The fourth-order valence-electron chi connectivity index (χ4n) is 2.44. The summed E-state index contributed by atoms with van der Waals surface area (Å²) in [6.07, 6.45) is 2.55. The Balaban J connectivity index is 1.61. The smallest absolute Gasteiger partial charge is 0.145 e. The zero-order valence-corrected chi connectivity index (χ0v) is 10.5. The highest BCUT2D eigenvalue weighted by Gasteiger charge is 2.15. The van der Waals surface area contributed by atoms with Crippen LogP contribution in [0.15, 0.2) is 29.3 Å². The van der Waals surface area contributed by atoms with Crippen molar-refractivity contribution < 1.29 is 4.74 Å². The van der Waals surface area contributed by atoms with E-state index < -0.39 is 0 Å². The Morgan fingerprint density at radius 2 is 2.28 bits per heavy atom. The number of rotatable bonds is 2. The predicted octanol–water partition coefficient (Wildman–Crippen LogP) is 1.89. The van der Waals surface area contributed by atoms with Gasteiger partial charge in [0, 0.05) is 6.54 Å². The van der Waals surface area contributed by atoms with Gasteiger partial charge in [-0.3, -0.25) is 4.99 Å². The Morgan fingerprint density at radius 1 is 1.33 bits per heavy atom. The average Bonchev–Trinajstić information content (AvgIpc) is 2.46. The van der Waals surface area contributed by atoms with Crippen molar-refractivity contribution in [3.05, 3.63) is 24.3 Å². The molecule has 0 amide bonds. The monoisotopic (exact) mass is 245 g/mol. The van der Waals surface area contributed by atoms with Gasteiger partial charge >= 0.3 is 0 Å². The maximum atomic E-state index is 5.67. The Bertz CT molecular complexity index is 438. The molecule has 4 nitrogen and oxygen atoms in total. The molecule has 0 saturated carbocycles. The summed E-state index contributed by atoms with van der Waals surface area (Å²) in [5.74, 6) is 2.53. The molecule has 0 radical (unpaired) electrons. The van der Waals surface area contributed by atoms with Crippen molar-refractivity contribution in [1.29, 1.82) is 0 Å². The summed E-state index contributed by atoms with van der Waals surface area (Å²) in [6, 6.07) is 7.98. The molecule has 1 fully saturated rings. The number of para-hydroxylation sites is 2. The van der Waals surface area contributed by atoms with Crippen LogP contribution in [0.1, 0.15) is 12.8 Å². The van der Waals surface area contributed by atoms with E-state index in [4.69, 9.17) is 4.74 Å². The van der Waals surface area contributed by atoms with Crippen LogP contribution in [0, 0.1) is 5.92 Å². The molecule has 1 aromatic carbocycles. The molecule has 1 atom stereocenters. The van der Waals surface area contributed by atoms with Crippen molar-refractivity contribution in [2.24, 2.45) is 10.9 Å². The van der Waals surface area contributed by atoms with Gasteiger partial charge in [-0.25, -0.2) is 0 Å². The Hall–Kier alpha value is -1.55. The van der Waals surface area contributed by atoms with E-state index in [0.717, 1.165) is 36.9 Å². The molecule has 2 N–H and O–H groups in total. The SMILES string of the molecule is c1ccc2c(c1)NC(=NCC1CCCNC1)CO2. The Labute approximate surface area is 107 Å². The number of nitrogens with one attached hydrogen (secondary N) is 2. The molecule has 4 heteroatoms. The number of piperidine rings is 1. The van der Waals surface area contributed by atoms with Gasteiger partial charge in [0.15, 0.2) is 0 Å². The van der Waals surface area contributed by atoms with Crippen LogP contribution in [0.4, 0.5) is 5.69 Å². The molecule has 1 unspecified atom stereocenters. The average molecular weight is 245 g/mol. The summed E-state index contributed by atoms with van der Waals surface area (Å²) >= 11 is 0. The lowest BCUT2D eigenvalue weighted by Crippen LogP contribution is -2.32. The predicted molar refractivity (Wildman–Crippen MR) is 73.5 cm³/mol. The normalized spacial score (nSPS) is 25.1. The number of benzene rings is 1. The van der Waals surface area contributed by atoms with Crippen molar-refractivity contribution in [3.63, 3.8) is 0 Å². The number of ether oxygens (including phenoxy) is 1. The number of fused-ring (bicyclic) bond motifs is 1. The van der Waals surface area contributed by atoms with Crippen LogP contribution < -0.4 is 15.4 Å². The van der Waals surface area contributed by atoms with Crippen molar-refractivity contribution in [3.8, 4) is 5.75 Å². The van der Waals surface area contributed by atoms with Crippen molar-refractivity contribution in [1.82, 2.24) is 5.32 Å². The minimum absolute atomic E-state index is 0.553. The minimum Gasteiger partial charge on any atom is -0.484 e. The van der Waals surface area contributed by atoms with E-state index >= 15 is 0 Å². The van der Waals surface area contributed by atoms with Crippen LogP contribution in [0.2, 0.25) is 0 Å². The number of hydrogen-bond donors (Lipinski definition) is 2. The first-order chi connectivity index (χ1) is 8.92. The third kappa shape index (κ3) is 2.64. The van der Waals surface area contributed by atoms with Gasteiger partial charge in [-0.05, 0) is 44.0 Å². The zero-order valence-electron chi connectivity index (χ0n) is 10.5. The summed E-state index contributed by atoms with van der Waals surface area (Å²) in [6.45, 7) is 3.69. The van der Waals surface area contributed by atoms with Gasteiger partial charge in [0.25, 0.3) is 0 Å². The van der Waals surface area contributed by atoms with Crippen LogP contribution >= 0.6 is 0 Å². The van der Waals surface area contributed by atoms with Gasteiger partial charge in [-0.1, -0.05) is 12.1 Å². The molecule has 18 heavy (non-hydrogen) atoms. The molecule has 2 aliphatic heterocycles. The number of aliphatic imine (C=N–C) groups is 1. The first-order valence-electron chi connectivity index (χ1n) is 6.65. The Morgan fingerprint density at radius 3 is 3.17 bits per heavy atom. The van der Waals surface area contributed by atoms with E-state index in [1.165, 1.54) is 12.8 Å². The van der Waals surface area contributed by atoms with Gasteiger partial charge < -0.3 is 15.4 Å². The van der Waals surface area contributed by atoms with Crippen LogP contribution in [-0.2, 0) is 0 Å². The molecule has 0 bridgehead atoms. The molecule has 3 rings (SSSR count). The van der Waals surface area contributed by atoms with E-state index in [1.54, 1.807) is 0 Å². The number of nitrogens with zero attached hydrogens (tertiary/aromatic N) is 1. The maximum Gasteiger partial charge on any atom is 0.145 e. The van der Waals surface area contributed by atoms with Crippen molar-refractivity contribution in [2.45, 2.75) is 12.8 Å². The summed E-state index contributed by atoms with van der Waals surface area (Å²) < 4.78 is 5.67. The fraction of sp³-hybridized carbons (Fsp3) is 0.500. The fourth-order valence-corrected chi connectivity index (χ4v) is 2.44. The van der Waals surface area contributed by atoms with Gasteiger partial charge in [0.05, 0.1) is 5.69 Å². The first kappa shape index (κ1) is 11.5. The highest BCUT2D eigenvalue weighted by Crippen LogP contribution is 2.26. The van der Waals surface area contributed by atoms with Crippen molar-refractivity contribution >= 4 is 11.5 Å². The van der Waals surface area contributed by atoms with Crippen LogP contribution in [0.3, 0.4) is 0 Å². The molecular formula is C14H19N3O. The largest absolute Gasteiger partial charge is 0.484 e. The van der Waals surface area contributed by atoms with Gasteiger partial charge in [0.2, 0.25) is 0 Å². The van der Waals surface area contributed by atoms with Crippen LogP contribution in [0.5, 0.6) is 5.75 Å². The molecule has 96 valence electrons. The third-order valence-corrected chi connectivity index (χ3v) is 3.47. The molecule has 1 saturated heterocycles. The second-order valence-electron chi connectivity index (χ2n) is 4.91. The molecular weight excluding hydrogens is 226 g/mol. The molecule has 0 aromatic heterocycles. The van der Waals surface area contributed by atoms with Gasteiger partial charge in [-0.2, -0.15) is 0 Å². The van der Waals surface area contributed by atoms with E-state index in [1.807, 2.05) is 24.3 Å². The number of anilines is 1. The zero-order chi connectivity index (χ0) is 12.2. The van der Waals surface area contributed by atoms with Crippen LogP contribution in [0.25, 0.3) is 0 Å². The highest BCUT2D eigenvalue weighted by atomic mass is 16.5. The Kier molecular flexibility index (Phi) is 3.46. The lowest BCUT2D eigenvalue weighted by atomic mass is 10.0. The highest BCUT2D eigenvalue weighted by molar-refractivity contribution is 5.99. The number of hydrogen-bond acceptors (Lipinski definition) is 3. The van der Waals surface area contributed by atoms with Gasteiger partial charge in [0.1, 0.15) is 18.2 Å². The van der Waals surface area contributed by atoms with Crippen molar-refractivity contribution in [2.75, 3.05) is 31.6 Å². The molecule has 0 spiro atoms. The quantitative estimate of drug-likeness (QED) is 0.836. The van der Waals surface area contributed by atoms with Crippen LogP contribution in [-0.4, -0.2) is 32.1 Å². The summed E-state index contributed by atoms with van der Waals surface area (Å²) in [5, 5.41) is 6.76. The van der Waals surface area contributed by atoms with E-state index in [0.29, 0.717) is 12.5 Å². The first-order valence-corrected chi connectivity index (χ1v) is 6.65. The third-order valence-electron chi connectivity index (χ3n) is 3.47. The molecule has 2 heterocycles. The maximum absolute atomic E-state index is 5.67. The van der Waals surface area contributed by atoms with E-state index in [9.17, 15) is 0 Å². The minimum atomic E-state index is 0.553. The summed E-state index contributed by atoms with van der Waals surface area (Å²) in [4.78, 5) is 4.65. The molecule has 2 aliphatic rings. The van der Waals surface area contributed by atoms with E-state index in [2.05, 4.69) is 15.6 Å². The number of amidine groups is 1. The lowest BCUT2D eigenvalue weighted by Gasteiger charge is -2.23. The molecule has 0 aliphatic carbocycles. The molecule has 1 aromatic rings. The lowest BCUT2D eigenvalue weighted by molar-refractivity contribution is 0.367. The summed E-state index contributed by atoms with van der Waals surface area (Å²) in [7, 11) is 0. The second kappa shape index (κ2) is 5.40.